The average Bonchev–Trinajstić information content (AvgIpc) is 2.94. The lowest BCUT2D eigenvalue weighted by Gasteiger charge is -2.34. The van der Waals surface area contributed by atoms with Gasteiger partial charge < -0.3 is 19.2 Å². The lowest BCUT2D eigenvalue weighted by atomic mass is 9.99. The third-order valence-electron chi connectivity index (χ3n) is 4.32. The van der Waals surface area contributed by atoms with Gasteiger partial charge in [0.05, 0.1) is 11.8 Å². The maximum atomic E-state index is 11.6. The molecule has 21 heavy (non-hydrogen) atoms. The molecular weight excluding hydrogens is 270 g/mol. The van der Waals surface area contributed by atoms with Crippen molar-refractivity contribution in [3.63, 3.8) is 0 Å². The van der Waals surface area contributed by atoms with Crippen LogP contribution in [0, 0.1) is 6.92 Å². The summed E-state index contributed by atoms with van der Waals surface area (Å²) < 4.78 is 10.8. The molecule has 1 aliphatic rings. The van der Waals surface area contributed by atoms with E-state index in [0.717, 1.165) is 37.3 Å². The minimum atomic E-state index is -0.916. The molecule has 2 heterocycles. The number of anilines is 1. The normalized spacial score (nSPS) is 16.3. The molecule has 0 atom stereocenters. The number of ether oxygens (including phenoxy) is 1. The maximum absolute atomic E-state index is 11.6. The van der Waals surface area contributed by atoms with E-state index in [9.17, 15) is 9.90 Å². The van der Waals surface area contributed by atoms with Crippen molar-refractivity contribution >= 4 is 22.6 Å². The highest BCUT2D eigenvalue weighted by Gasteiger charge is 2.24. The molecule has 5 heteroatoms. The molecule has 0 unspecified atom stereocenters. The minimum absolute atomic E-state index is 0.329. The third-order valence-corrected chi connectivity index (χ3v) is 4.32. The van der Waals surface area contributed by atoms with Gasteiger partial charge in [0.15, 0.2) is 0 Å². The molecule has 0 aliphatic carbocycles. The number of fused-ring (bicyclic) bond motifs is 1. The number of rotatable bonds is 3. The van der Waals surface area contributed by atoms with Crippen LogP contribution in [0.15, 0.2) is 22.8 Å². The Balaban J connectivity index is 2.09. The quantitative estimate of drug-likeness (QED) is 0.941. The number of nitrogens with zero attached hydrogens (tertiary/aromatic N) is 1. The molecule has 0 bridgehead atoms. The van der Waals surface area contributed by atoms with Gasteiger partial charge in [-0.3, -0.25) is 0 Å². The van der Waals surface area contributed by atoms with E-state index in [1.807, 2.05) is 20.0 Å². The Bertz CT molecular complexity index is 670. The van der Waals surface area contributed by atoms with Gasteiger partial charge in [-0.15, -0.1) is 0 Å². The topological polar surface area (TPSA) is 62.9 Å². The molecule has 0 saturated carbocycles. The minimum Gasteiger partial charge on any atom is -0.478 e. The Labute approximate surface area is 123 Å². The summed E-state index contributed by atoms with van der Waals surface area (Å²) in [5.74, 6) is -0.916. The first-order chi connectivity index (χ1) is 10.1. The fourth-order valence-corrected chi connectivity index (χ4v) is 3.11. The SMILES string of the molecule is Cc1c(N(C)C2CCOCC2)cc2occc2c1C(=O)O. The first-order valence-electron chi connectivity index (χ1n) is 7.14. The van der Waals surface area contributed by atoms with E-state index in [4.69, 9.17) is 9.15 Å². The fourth-order valence-electron chi connectivity index (χ4n) is 3.11. The van der Waals surface area contributed by atoms with Crippen molar-refractivity contribution < 1.29 is 19.1 Å². The second-order valence-corrected chi connectivity index (χ2v) is 5.49. The van der Waals surface area contributed by atoms with Gasteiger partial charge in [-0.05, 0) is 31.4 Å². The largest absolute Gasteiger partial charge is 0.478 e. The Morgan fingerprint density at radius 3 is 2.76 bits per heavy atom. The van der Waals surface area contributed by atoms with Gasteiger partial charge in [0.1, 0.15) is 5.58 Å². The van der Waals surface area contributed by atoms with E-state index < -0.39 is 5.97 Å². The number of carboxylic acid groups (broad SMARTS) is 1. The lowest BCUT2D eigenvalue weighted by molar-refractivity contribution is 0.0698. The molecule has 5 nitrogen and oxygen atoms in total. The van der Waals surface area contributed by atoms with Gasteiger partial charge in [-0.1, -0.05) is 0 Å². The molecule has 2 aromatic rings. The molecule has 0 radical (unpaired) electrons. The van der Waals surface area contributed by atoms with Crippen LogP contribution in [0.1, 0.15) is 28.8 Å². The lowest BCUT2D eigenvalue weighted by Crippen LogP contribution is -2.37. The summed E-state index contributed by atoms with van der Waals surface area (Å²) in [5.41, 5.74) is 2.65. The third kappa shape index (κ3) is 2.38. The highest BCUT2D eigenvalue weighted by Crippen LogP contribution is 2.33. The number of benzene rings is 1. The summed E-state index contributed by atoms with van der Waals surface area (Å²) in [7, 11) is 2.01. The van der Waals surface area contributed by atoms with Gasteiger partial charge in [0.25, 0.3) is 0 Å². The Kier molecular flexibility index (Phi) is 3.59. The molecular formula is C16H19NO4. The maximum Gasteiger partial charge on any atom is 0.336 e. The van der Waals surface area contributed by atoms with Crippen molar-refractivity contribution in [2.45, 2.75) is 25.8 Å². The number of furan rings is 1. The molecule has 1 N–H and O–H groups in total. The molecule has 1 aromatic heterocycles. The van der Waals surface area contributed by atoms with Crippen LogP contribution in [0.3, 0.4) is 0 Å². The first kappa shape index (κ1) is 13.9. The summed E-state index contributed by atoms with van der Waals surface area (Å²) >= 11 is 0. The van der Waals surface area contributed by atoms with Crippen LogP contribution in [0.25, 0.3) is 11.0 Å². The van der Waals surface area contributed by atoms with E-state index in [-0.39, 0.29) is 0 Å². The highest BCUT2D eigenvalue weighted by atomic mass is 16.5. The van der Waals surface area contributed by atoms with Gasteiger partial charge in [-0.25, -0.2) is 4.79 Å². The van der Waals surface area contributed by atoms with Crippen molar-refractivity contribution in [2.75, 3.05) is 25.2 Å². The summed E-state index contributed by atoms with van der Waals surface area (Å²) in [6.45, 7) is 3.37. The number of carbonyl (C=O) groups is 1. The van der Waals surface area contributed by atoms with Gasteiger partial charge in [0.2, 0.25) is 0 Å². The zero-order chi connectivity index (χ0) is 15.0. The summed E-state index contributed by atoms with van der Waals surface area (Å²) in [5, 5.41) is 10.2. The highest BCUT2D eigenvalue weighted by molar-refractivity contribution is 6.05. The summed E-state index contributed by atoms with van der Waals surface area (Å²) in [4.78, 5) is 13.8. The predicted molar refractivity (Wildman–Crippen MR) is 80.2 cm³/mol. The van der Waals surface area contributed by atoms with Crippen LogP contribution < -0.4 is 4.90 Å². The molecule has 3 rings (SSSR count). The number of hydrogen-bond donors (Lipinski definition) is 1. The Morgan fingerprint density at radius 2 is 2.10 bits per heavy atom. The van der Waals surface area contributed by atoms with Crippen LogP contribution in [-0.4, -0.2) is 37.4 Å². The van der Waals surface area contributed by atoms with E-state index >= 15 is 0 Å². The van der Waals surface area contributed by atoms with Crippen LogP contribution in [0.4, 0.5) is 5.69 Å². The molecule has 1 aromatic carbocycles. The van der Waals surface area contributed by atoms with Gasteiger partial charge >= 0.3 is 5.97 Å². The molecule has 1 aliphatic heterocycles. The van der Waals surface area contributed by atoms with Crippen molar-refractivity contribution in [3.05, 3.63) is 29.5 Å². The summed E-state index contributed by atoms with van der Waals surface area (Å²) in [6, 6.07) is 4.02. The average molecular weight is 289 g/mol. The zero-order valence-electron chi connectivity index (χ0n) is 12.3. The van der Waals surface area contributed by atoms with Gasteiger partial charge in [-0.2, -0.15) is 0 Å². The Hall–Kier alpha value is -2.01. The van der Waals surface area contributed by atoms with E-state index in [1.165, 1.54) is 6.26 Å². The summed E-state index contributed by atoms with van der Waals surface area (Å²) in [6.07, 6.45) is 3.44. The van der Waals surface area contributed by atoms with Crippen LogP contribution in [-0.2, 0) is 4.74 Å². The predicted octanol–water partition coefficient (Wildman–Crippen LogP) is 3.05. The molecule has 1 saturated heterocycles. The van der Waals surface area contributed by atoms with Crippen molar-refractivity contribution in [3.8, 4) is 0 Å². The van der Waals surface area contributed by atoms with Crippen molar-refractivity contribution in [2.24, 2.45) is 0 Å². The second-order valence-electron chi connectivity index (χ2n) is 5.49. The standard InChI is InChI=1S/C16H19NO4/c1-10-13(17(2)11-3-6-20-7-4-11)9-14-12(5-8-21-14)15(10)16(18)19/h5,8-9,11H,3-4,6-7H2,1-2H3,(H,18,19). The molecule has 112 valence electrons. The second kappa shape index (κ2) is 5.41. The number of carboxylic acids is 1. The van der Waals surface area contributed by atoms with E-state index in [1.54, 1.807) is 6.07 Å². The van der Waals surface area contributed by atoms with Crippen molar-refractivity contribution in [1.29, 1.82) is 0 Å². The Morgan fingerprint density at radius 1 is 1.38 bits per heavy atom. The molecule has 0 amide bonds. The zero-order valence-corrected chi connectivity index (χ0v) is 12.3. The van der Waals surface area contributed by atoms with Crippen LogP contribution >= 0.6 is 0 Å². The number of aromatic carboxylic acids is 1. The molecule has 0 spiro atoms. The van der Waals surface area contributed by atoms with Crippen LogP contribution in [0.5, 0.6) is 0 Å². The van der Waals surface area contributed by atoms with Crippen LogP contribution in [0.2, 0.25) is 0 Å². The monoisotopic (exact) mass is 289 g/mol. The van der Waals surface area contributed by atoms with Gasteiger partial charge in [0, 0.05) is 43.4 Å². The smallest absolute Gasteiger partial charge is 0.336 e. The first-order valence-corrected chi connectivity index (χ1v) is 7.14. The van der Waals surface area contributed by atoms with Crippen molar-refractivity contribution in [1.82, 2.24) is 0 Å². The van der Waals surface area contributed by atoms with E-state index in [0.29, 0.717) is 22.6 Å². The van der Waals surface area contributed by atoms with E-state index in [2.05, 4.69) is 4.90 Å². The number of hydrogen-bond acceptors (Lipinski definition) is 4. The fraction of sp³-hybridized carbons (Fsp3) is 0.438. The molecule has 1 fully saturated rings.